The average molecular weight is 221 g/mol. The van der Waals surface area contributed by atoms with Gasteiger partial charge in [0.05, 0.1) is 6.54 Å². The minimum atomic E-state index is 0.748. The van der Waals surface area contributed by atoms with Crippen LogP contribution in [0.4, 0.5) is 5.69 Å². The van der Waals surface area contributed by atoms with Gasteiger partial charge in [0, 0.05) is 24.8 Å². The van der Waals surface area contributed by atoms with E-state index >= 15 is 0 Å². The predicted octanol–water partition coefficient (Wildman–Crippen LogP) is 1.56. The van der Waals surface area contributed by atoms with Crippen molar-refractivity contribution >= 4 is 5.69 Å². The van der Waals surface area contributed by atoms with Crippen LogP contribution < -0.4 is 15.6 Å². The molecule has 88 valence electrons. The van der Waals surface area contributed by atoms with E-state index in [0.29, 0.717) is 0 Å². The second-order valence-electron chi connectivity index (χ2n) is 3.95. The molecule has 2 rings (SSSR count). The van der Waals surface area contributed by atoms with Crippen molar-refractivity contribution in [3.63, 3.8) is 0 Å². The molecule has 0 radical (unpaired) electrons. The monoisotopic (exact) mass is 221 g/mol. The van der Waals surface area contributed by atoms with E-state index in [4.69, 9.17) is 10.7 Å². The molecule has 0 atom stereocenters. The molecule has 0 unspecified atom stereocenters. The minimum Gasteiger partial charge on any atom is -0.391 e. The molecule has 0 fully saturated rings. The van der Waals surface area contributed by atoms with E-state index in [1.165, 1.54) is 16.4 Å². The fourth-order valence-electron chi connectivity index (χ4n) is 2.02. The third-order valence-corrected chi connectivity index (χ3v) is 3.00. The van der Waals surface area contributed by atoms with Gasteiger partial charge in [0.2, 0.25) is 0 Å². The zero-order valence-electron chi connectivity index (χ0n) is 9.94. The maximum Gasteiger partial charge on any atom is 0.154 e. The maximum atomic E-state index is 5.64. The first-order valence-corrected chi connectivity index (χ1v) is 5.82. The highest BCUT2D eigenvalue weighted by atomic mass is 16.7. The molecule has 1 aromatic rings. The van der Waals surface area contributed by atoms with Crippen LogP contribution in [0.3, 0.4) is 0 Å². The first-order chi connectivity index (χ1) is 7.74. The summed E-state index contributed by atoms with van der Waals surface area (Å²) in [6, 6.07) is 6.36. The molecule has 0 aromatic heterocycles. The Labute approximate surface area is 96.5 Å². The number of rotatable bonds is 3. The van der Waals surface area contributed by atoms with E-state index < -0.39 is 0 Å². The van der Waals surface area contributed by atoms with Crippen LogP contribution in [0.25, 0.3) is 0 Å². The molecule has 0 bridgehead atoms. The lowest BCUT2D eigenvalue weighted by Crippen LogP contribution is -2.39. The van der Waals surface area contributed by atoms with Gasteiger partial charge in [-0.15, -0.1) is 0 Å². The standard InChI is InChI=1S/C12H19N3O/c1-3-14(4-2)11-6-5-10-7-8-15(13)16-12(10)9-11/h5-6,9H,3-4,7-8,13H2,1-2H3. The van der Waals surface area contributed by atoms with Crippen LogP contribution >= 0.6 is 0 Å². The first-order valence-electron chi connectivity index (χ1n) is 5.82. The van der Waals surface area contributed by atoms with Crippen LogP contribution in [-0.2, 0) is 6.42 Å². The Morgan fingerprint density at radius 2 is 2.12 bits per heavy atom. The summed E-state index contributed by atoms with van der Waals surface area (Å²) in [6.07, 6.45) is 0.949. The molecule has 0 spiro atoms. The first kappa shape index (κ1) is 11.2. The minimum absolute atomic E-state index is 0.748. The lowest BCUT2D eigenvalue weighted by molar-refractivity contribution is -0.0704. The van der Waals surface area contributed by atoms with Crippen molar-refractivity contribution in [3.8, 4) is 5.75 Å². The SMILES string of the molecule is CCN(CC)c1ccc2c(c1)ON(N)CC2. The summed E-state index contributed by atoms with van der Waals surface area (Å²) in [5, 5.41) is 1.40. The molecule has 0 saturated carbocycles. The van der Waals surface area contributed by atoms with Crippen molar-refractivity contribution < 1.29 is 4.84 Å². The zero-order valence-corrected chi connectivity index (χ0v) is 9.94. The van der Waals surface area contributed by atoms with E-state index in [9.17, 15) is 0 Å². The molecule has 0 saturated heterocycles. The van der Waals surface area contributed by atoms with Crippen molar-refractivity contribution in [2.24, 2.45) is 5.84 Å². The van der Waals surface area contributed by atoms with E-state index in [-0.39, 0.29) is 0 Å². The van der Waals surface area contributed by atoms with Crippen LogP contribution in [0.1, 0.15) is 19.4 Å². The second kappa shape index (κ2) is 4.72. The highest BCUT2D eigenvalue weighted by Gasteiger charge is 2.16. The highest BCUT2D eigenvalue weighted by Crippen LogP contribution is 2.28. The Bertz CT molecular complexity index is 363. The summed E-state index contributed by atoms with van der Waals surface area (Å²) in [7, 11) is 0. The van der Waals surface area contributed by atoms with Crippen molar-refractivity contribution in [2.75, 3.05) is 24.5 Å². The maximum absolute atomic E-state index is 5.64. The van der Waals surface area contributed by atoms with E-state index in [0.717, 1.165) is 31.8 Å². The Kier molecular flexibility index (Phi) is 3.31. The number of hydrazine groups is 1. The highest BCUT2D eigenvalue weighted by molar-refractivity contribution is 5.54. The van der Waals surface area contributed by atoms with Gasteiger partial charge in [0.15, 0.2) is 5.75 Å². The van der Waals surface area contributed by atoms with Gasteiger partial charge >= 0.3 is 0 Å². The Balaban J connectivity index is 2.27. The topological polar surface area (TPSA) is 41.7 Å². The number of benzene rings is 1. The number of hydrogen-bond donors (Lipinski definition) is 1. The molecule has 1 heterocycles. The van der Waals surface area contributed by atoms with Gasteiger partial charge < -0.3 is 9.74 Å². The Morgan fingerprint density at radius 1 is 1.38 bits per heavy atom. The molecule has 16 heavy (non-hydrogen) atoms. The van der Waals surface area contributed by atoms with Gasteiger partial charge in [-0.05, 0) is 31.9 Å². The fraction of sp³-hybridized carbons (Fsp3) is 0.500. The lowest BCUT2D eigenvalue weighted by Gasteiger charge is -2.27. The number of anilines is 1. The normalized spacial score (nSPS) is 15.4. The molecule has 1 aliphatic rings. The summed E-state index contributed by atoms with van der Waals surface area (Å²) in [4.78, 5) is 7.79. The Hall–Kier alpha value is -1.26. The number of hydroxylamine groups is 1. The third kappa shape index (κ3) is 2.13. The molecule has 2 N–H and O–H groups in total. The van der Waals surface area contributed by atoms with Crippen LogP contribution in [-0.4, -0.2) is 24.8 Å². The summed E-state index contributed by atoms with van der Waals surface area (Å²) in [5.74, 6) is 6.53. The molecular formula is C12H19N3O. The van der Waals surface area contributed by atoms with Crippen LogP contribution in [0.15, 0.2) is 18.2 Å². The molecule has 0 aliphatic carbocycles. The number of hydrogen-bond acceptors (Lipinski definition) is 4. The van der Waals surface area contributed by atoms with Crippen molar-refractivity contribution in [1.82, 2.24) is 5.17 Å². The van der Waals surface area contributed by atoms with E-state index in [1.807, 2.05) is 0 Å². The van der Waals surface area contributed by atoms with E-state index in [2.05, 4.69) is 36.9 Å². The van der Waals surface area contributed by atoms with Gasteiger partial charge in [-0.1, -0.05) is 11.2 Å². The number of fused-ring (bicyclic) bond motifs is 1. The summed E-state index contributed by atoms with van der Waals surface area (Å²) in [5.41, 5.74) is 2.43. The number of nitrogens with zero attached hydrogens (tertiary/aromatic N) is 2. The lowest BCUT2D eigenvalue weighted by atomic mass is 10.1. The third-order valence-electron chi connectivity index (χ3n) is 3.00. The summed E-state index contributed by atoms with van der Waals surface area (Å²) < 4.78 is 0. The molecule has 1 aliphatic heterocycles. The average Bonchev–Trinajstić information content (AvgIpc) is 2.30. The van der Waals surface area contributed by atoms with Gasteiger partial charge in [-0.3, -0.25) is 0 Å². The molecular weight excluding hydrogens is 202 g/mol. The molecule has 0 amide bonds. The van der Waals surface area contributed by atoms with Gasteiger partial charge in [-0.2, -0.15) is 0 Å². The van der Waals surface area contributed by atoms with Crippen LogP contribution in [0.5, 0.6) is 5.75 Å². The van der Waals surface area contributed by atoms with Gasteiger partial charge in [0.25, 0.3) is 0 Å². The smallest absolute Gasteiger partial charge is 0.154 e. The van der Waals surface area contributed by atoms with Crippen molar-refractivity contribution in [3.05, 3.63) is 23.8 Å². The van der Waals surface area contributed by atoms with Crippen molar-refractivity contribution in [2.45, 2.75) is 20.3 Å². The van der Waals surface area contributed by atoms with Gasteiger partial charge in [0.1, 0.15) is 0 Å². The molecule has 4 heteroatoms. The van der Waals surface area contributed by atoms with E-state index in [1.54, 1.807) is 0 Å². The molecule has 4 nitrogen and oxygen atoms in total. The van der Waals surface area contributed by atoms with Gasteiger partial charge in [-0.25, -0.2) is 5.84 Å². The van der Waals surface area contributed by atoms with Crippen LogP contribution in [0, 0.1) is 0 Å². The van der Waals surface area contributed by atoms with Crippen LogP contribution in [0.2, 0.25) is 0 Å². The fourth-order valence-corrected chi connectivity index (χ4v) is 2.02. The summed E-state index contributed by atoms with van der Waals surface area (Å²) in [6.45, 7) is 7.05. The zero-order chi connectivity index (χ0) is 11.5. The molecule has 1 aromatic carbocycles. The predicted molar refractivity (Wildman–Crippen MR) is 65.2 cm³/mol. The summed E-state index contributed by atoms with van der Waals surface area (Å²) >= 11 is 0. The Morgan fingerprint density at radius 3 is 2.81 bits per heavy atom. The second-order valence-corrected chi connectivity index (χ2v) is 3.95. The quantitative estimate of drug-likeness (QED) is 0.786. The number of nitrogens with two attached hydrogens (primary N) is 1. The largest absolute Gasteiger partial charge is 0.391 e. The van der Waals surface area contributed by atoms with Crippen molar-refractivity contribution in [1.29, 1.82) is 0 Å².